The first-order valence-electron chi connectivity index (χ1n) is 6.76. The van der Waals surface area contributed by atoms with Gasteiger partial charge in [-0.1, -0.05) is 48.0 Å². The van der Waals surface area contributed by atoms with E-state index in [4.69, 9.17) is 17.3 Å². The van der Waals surface area contributed by atoms with Crippen LogP contribution in [0, 0.1) is 0 Å². The Balaban J connectivity index is 2.01. The Morgan fingerprint density at radius 3 is 2.41 bits per heavy atom. The second-order valence-electron chi connectivity index (χ2n) is 4.86. The standard InChI is InChI=1S/C18H13ClN2O/c19-16-7-2-1-6-15(16)12-4-3-5-13(10-12)17-9-8-14(11-21-17)18(20)22/h1-11H,(H2,20,22). The van der Waals surface area contributed by atoms with Gasteiger partial charge in [0.05, 0.1) is 11.3 Å². The number of primary amides is 1. The van der Waals surface area contributed by atoms with E-state index in [-0.39, 0.29) is 0 Å². The Morgan fingerprint density at radius 2 is 1.73 bits per heavy atom. The molecule has 3 aromatic rings. The number of carbonyl (C=O) groups excluding carboxylic acids is 1. The van der Waals surface area contributed by atoms with Crippen molar-refractivity contribution in [2.24, 2.45) is 5.73 Å². The summed E-state index contributed by atoms with van der Waals surface area (Å²) in [5.41, 5.74) is 9.34. The maximum absolute atomic E-state index is 11.1. The zero-order valence-electron chi connectivity index (χ0n) is 11.7. The van der Waals surface area contributed by atoms with Gasteiger partial charge in [0, 0.05) is 22.3 Å². The number of rotatable bonds is 3. The highest BCUT2D eigenvalue weighted by molar-refractivity contribution is 6.33. The van der Waals surface area contributed by atoms with Gasteiger partial charge in [-0.05, 0) is 29.8 Å². The van der Waals surface area contributed by atoms with E-state index in [1.54, 1.807) is 12.1 Å². The molecule has 0 bridgehead atoms. The highest BCUT2D eigenvalue weighted by Crippen LogP contribution is 2.30. The van der Waals surface area contributed by atoms with Gasteiger partial charge in [-0.2, -0.15) is 0 Å². The maximum atomic E-state index is 11.1. The minimum atomic E-state index is -0.483. The van der Waals surface area contributed by atoms with Crippen molar-refractivity contribution in [2.45, 2.75) is 0 Å². The molecule has 0 radical (unpaired) electrons. The Hall–Kier alpha value is -2.65. The van der Waals surface area contributed by atoms with Crippen LogP contribution in [-0.4, -0.2) is 10.9 Å². The summed E-state index contributed by atoms with van der Waals surface area (Å²) in [5.74, 6) is -0.483. The van der Waals surface area contributed by atoms with Crippen LogP contribution in [0.2, 0.25) is 5.02 Å². The van der Waals surface area contributed by atoms with Gasteiger partial charge >= 0.3 is 0 Å². The predicted molar refractivity (Wildman–Crippen MR) is 88.6 cm³/mol. The number of hydrogen-bond acceptors (Lipinski definition) is 2. The summed E-state index contributed by atoms with van der Waals surface area (Å²) in [6.45, 7) is 0. The molecule has 0 saturated heterocycles. The highest BCUT2D eigenvalue weighted by atomic mass is 35.5. The van der Waals surface area contributed by atoms with Gasteiger partial charge < -0.3 is 5.73 Å². The van der Waals surface area contributed by atoms with Gasteiger partial charge in [-0.25, -0.2) is 0 Å². The number of carbonyl (C=O) groups is 1. The van der Waals surface area contributed by atoms with Crippen molar-refractivity contribution in [1.82, 2.24) is 4.98 Å². The quantitative estimate of drug-likeness (QED) is 0.789. The minimum Gasteiger partial charge on any atom is -0.366 e. The molecule has 3 rings (SSSR count). The zero-order valence-corrected chi connectivity index (χ0v) is 12.4. The van der Waals surface area contributed by atoms with Crippen molar-refractivity contribution in [3.05, 3.63) is 77.4 Å². The number of benzene rings is 2. The molecule has 1 aromatic heterocycles. The molecule has 2 aromatic carbocycles. The lowest BCUT2D eigenvalue weighted by atomic mass is 10.0. The molecule has 0 aliphatic carbocycles. The van der Waals surface area contributed by atoms with E-state index in [0.717, 1.165) is 22.4 Å². The third kappa shape index (κ3) is 2.85. The average Bonchev–Trinajstić information content (AvgIpc) is 2.55. The fraction of sp³-hybridized carbons (Fsp3) is 0. The molecule has 0 saturated carbocycles. The van der Waals surface area contributed by atoms with Crippen LogP contribution in [0.25, 0.3) is 22.4 Å². The summed E-state index contributed by atoms with van der Waals surface area (Å²) < 4.78 is 0. The van der Waals surface area contributed by atoms with Crippen molar-refractivity contribution in [2.75, 3.05) is 0 Å². The first kappa shape index (κ1) is 14.3. The summed E-state index contributed by atoms with van der Waals surface area (Å²) in [6.07, 6.45) is 1.49. The first-order chi connectivity index (χ1) is 10.6. The van der Waals surface area contributed by atoms with Gasteiger partial charge in [0.25, 0.3) is 0 Å². The molecule has 22 heavy (non-hydrogen) atoms. The topological polar surface area (TPSA) is 56.0 Å². The van der Waals surface area contributed by atoms with Crippen LogP contribution in [0.4, 0.5) is 0 Å². The Bertz CT molecular complexity index is 829. The van der Waals surface area contributed by atoms with Crippen LogP contribution in [0.5, 0.6) is 0 Å². The molecule has 0 spiro atoms. The van der Waals surface area contributed by atoms with Crippen molar-refractivity contribution < 1.29 is 4.79 Å². The van der Waals surface area contributed by atoms with Crippen LogP contribution in [0.1, 0.15) is 10.4 Å². The number of nitrogens with zero attached hydrogens (tertiary/aromatic N) is 1. The molecule has 4 heteroatoms. The smallest absolute Gasteiger partial charge is 0.250 e. The molecule has 3 nitrogen and oxygen atoms in total. The van der Waals surface area contributed by atoms with E-state index in [1.165, 1.54) is 6.20 Å². The summed E-state index contributed by atoms with van der Waals surface area (Å²) in [6, 6.07) is 19.1. The Morgan fingerprint density at radius 1 is 0.955 bits per heavy atom. The summed E-state index contributed by atoms with van der Waals surface area (Å²) in [7, 11) is 0. The molecular weight excluding hydrogens is 296 g/mol. The molecule has 0 atom stereocenters. The van der Waals surface area contributed by atoms with Crippen LogP contribution < -0.4 is 5.73 Å². The van der Waals surface area contributed by atoms with Gasteiger partial charge in [-0.3, -0.25) is 9.78 Å². The van der Waals surface area contributed by atoms with Crippen LogP contribution in [0.15, 0.2) is 66.9 Å². The third-order valence-corrected chi connectivity index (χ3v) is 3.72. The monoisotopic (exact) mass is 308 g/mol. The van der Waals surface area contributed by atoms with Crippen LogP contribution in [0.3, 0.4) is 0 Å². The van der Waals surface area contributed by atoms with E-state index >= 15 is 0 Å². The molecule has 2 N–H and O–H groups in total. The van der Waals surface area contributed by atoms with Crippen LogP contribution >= 0.6 is 11.6 Å². The second-order valence-corrected chi connectivity index (χ2v) is 5.26. The number of amides is 1. The maximum Gasteiger partial charge on any atom is 0.250 e. The van der Waals surface area contributed by atoms with Gasteiger partial charge in [0.15, 0.2) is 0 Å². The van der Waals surface area contributed by atoms with E-state index in [1.807, 2.05) is 48.5 Å². The fourth-order valence-electron chi connectivity index (χ4n) is 2.25. The van der Waals surface area contributed by atoms with Crippen molar-refractivity contribution in [3.8, 4) is 22.4 Å². The average molecular weight is 309 g/mol. The lowest BCUT2D eigenvalue weighted by molar-refractivity contribution is 0.1000. The number of halogens is 1. The SMILES string of the molecule is NC(=O)c1ccc(-c2cccc(-c3ccccc3Cl)c2)nc1. The van der Waals surface area contributed by atoms with Crippen molar-refractivity contribution in [1.29, 1.82) is 0 Å². The van der Waals surface area contributed by atoms with E-state index < -0.39 is 5.91 Å². The number of aromatic nitrogens is 1. The second kappa shape index (κ2) is 6.00. The molecule has 108 valence electrons. The van der Waals surface area contributed by atoms with Crippen molar-refractivity contribution in [3.63, 3.8) is 0 Å². The molecular formula is C18H13ClN2O. The predicted octanol–water partition coefficient (Wildman–Crippen LogP) is 4.17. The normalized spacial score (nSPS) is 10.4. The number of hydrogen-bond donors (Lipinski definition) is 1. The highest BCUT2D eigenvalue weighted by Gasteiger charge is 2.06. The lowest BCUT2D eigenvalue weighted by Gasteiger charge is -2.07. The number of pyridine rings is 1. The van der Waals surface area contributed by atoms with Crippen LogP contribution in [-0.2, 0) is 0 Å². The lowest BCUT2D eigenvalue weighted by Crippen LogP contribution is -2.10. The minimum absolute atomic E-state index is 0.394. The Labute approximate surface area is 133 Å². The first-order valence-corrected chi connectivity index (χ1v) is 7.14. The molecule has 0 fully saturated rings. The van der Waals surface area contributed by atoms with E-state index in [2.05, 4.69) is 4.98 Å². The third-order valence-electron chi connectivity index (χ3n) is 3.39. The van der Waals surface area contributed by atoms with Gasteiger partial charge in [0.2, 0.25) is 5.91 Å². The van der Waals surface area contributed by atoms with E-state index in [9.17, 15) is 4.79 Å². The molecule has 0 aliphatic rings. The molecule has 1 amide bonds. The summed E-state index contributed by atoms with van der Waals surface area (Å²) >= 11 is 6.25. The van der Waals surface area contributed by atoms with Gasteiger partial charge in [0.1, 0.15) is 0 Å². The van der Waals surface area contributed by atoms with Crippen molar-refractivity contribution >= 4 is 17.5 Å². The Kier molecular flexibility index (Phi) is 3.90. The van der Waals surface area contributed by atoms with Gasteiger partial charge in [-0.15, -0.1) is 0 Å². The molecule has 0 aliphatic heterocycles. The fourth-order valence-corrected chi connectivity index (χ4v) is 2.50. The zero-order chi connectivity index (χ0) is 15.5. The summed E-state index contributed by atoms with van der Waals surface area (Å²) in [5, 5.41) is 0.705. The largest absolute Gasteiger partial charge is 0.366 e. The molecule has 1 heterocycles. The molecule has 0 unspecified atom stereocenters. The number of nitrogens with two attached hydrogens (primary N) is 1. The van der Waals surface area contributed by atoms with E-state index in [0.29, 0.717) is 10.6 Å². The summed E-state index contributed by atoms with van der Waals surface area (Å²) in [4.78, 5) is 15.4.